The summed E-state index contributed by atoms with van der Waals surface area (Å²) in [6.07, 6.45) is 10.0. The zero-order valence-electron chi connectivity index (χ0n) is 20.2. The molecule has 0 aromatic rings. The van der Waals surface area contributed by atoms with Gasteiger partial charge in [-0.15, -0.1) is 0 Å². The third kappa shape index (κ3) is 3.59. The molecule has 3 nitrogen and oxygen atoms in total. The molecule has 4 aliphatic rings. The first-order valence-electron chi connectivity index (χ1n) is 13.1. The van der Waals surface area contributed by atoms with Gasteiger partial charge in [0.2, 0.25) is 0 Å². The molecule has 0 spiro atoms. The highest BCUT2D eigenvalue weighted by molar-refractivity contribution is 5.14. The maximum Gasteiger partial charge on any atom is 0.0602 e. The van der Waals surface area contributed by atoms with E-state index in [0.29, 0.717) is 35.5 Å². The third-order valence-corrected chi connectivity index (χ3v) is 11.0. The molecule has 0 heterocycles. The van der Waals surface area contributed by atoms with Gasteiger partial charge in [0.1, 0.15) is 0 Å². The summed E-state index contributed by atoms with van der Waals surface area (Å²) in [5, 5.41) is 33.2. The van der Waals surface area contributed by atoms with E-state index in [9.17, 15) is 15.3 Å². The predicted octanol–water partition coefficient (Wildman–Crippen LogP) is 5.41. The minimum Gasteiger partial charge on any atom is -0.393 e. The molecule has 0 amide bonds. The standard InChI is InChI=1S/C27H48O3/c1-16(2)7-6-8-17(3)20-9-10-21-25-22(15-24(30)27(20,21)5)26(4)12-11-19(28)13-18(26)14-23(25)29/h16-25,28-30H,6-15H2,1-5H3/t17?,18?,19-,20?,21?,22?,23-,24+,25?,26?,27?/m1/s1. The summed E-state index contributed by atoms with van der Waals surface area (Å²) in [4.78, 5) is 0. The Hall–Kier alpha value is -0.120. The molecule has 4 aliphatic carbocycles. The molecule has 3 heteroatoms. The zero-order valence-corrected chi connectivity index (χ0v) is 20.2. The molecule has 8 unspecified atom stereocenters. The highest BCUT2D eigenvalue weighted by Crippen LogP contribution is 2.68. The van der Waals surface area contributed by atoms with Gasteiger partial charge in [-0.25, -0.2) is 0 Å². The van der Waals surface area contributed by atoms with Gasteiger partial charge >= 0.3 is 0 Å². The van der Waals surface area contributed by atoms with E-state index in [4.69, 9.17) is 0 Å². The van der Waals surface area contributed by atoms with E-state index in [0.717, 1.165) is 38.0 Å². The molecular weight excluding hydrogens is 372 g/mol. The van der Waals surface area contributed by atoms with Gasteiger partial charge in [0.05, 0.1) is 18.3 Å². The molecule has 0 bridgehead atoms. The van der Waals surface area contributed by atoms with Crippen LogP contribution < -0.4 is 0 Å². The van der Waals surface area contributed by atoms with Crippen molar-refractivity contribution < 1.29 is 15.3 Å². The van der Waals surface area contributed by atoms with Crippen LogP contribution in [-0.4, -0.2) is 33.6 Å². The smallest absolute Gasteiger partial charge is 0.0602 e. The average Bonchev–Trinajstić information content (AvgIpc) is 3.02. The Labute approximate surface area is 185 Å². The normalized spacial score (nSPS) is 51.9. The van der Waals surface area contributed by atoms with Crippen LogP contribution >= 0.6 is 0 Å². The summed E-state index contributed by atoms with van der Waals surface area (Å²) in [6.45, 7) is 11.8. The average molecular weight is 421 g/mol. The zero-order chi connectivity index (χ0) is 21.8. The van der Waals surface area contributed by atoms with Crippen molar-refractivity contribution in [2.75, 3.05) is 0 Å². The van der Waals surface area contributed by atoms with Gasteiger partial charge in [0.25, 0.3) is 0 Å². The molecule has 3 N–H and O–H groups in total. The summed E-state index contributed by atoms with van der Waals surface area (Å²) >= 11 is 0. The van der Waals surface area contributed by atoms with Crippen LogP contribution in [0.1, 0.15) is 98.8 Å². The lowest BCUT2D eigenvalue weighted by molar-refractivity contribution is -0.207. The summed E-state index contributed by atoms with van der Waals surface area (Å²) in [6, 6.07) is 0. The lowest BCUT2D eigenvalue weighted by atomic mass is 9.43. The quantitative estimate of drug-likeness (QED) is 0.557. The number of aliphatic hydroxyl groups excluding tert-OH is 3. The third-order valence-electron chi connectivity index (χ3n) is 11.0. The molecule has 0 aliphatic heterocycles. The van der Waals surface area contributed by atoms with Crippen molar-refractivity contribution in [3.8, 4) is 0 Å². The van der Waals surface area contributed by atoms with Gasteiger partial charge in [-0.2, -0.15) is 0 Å². The van der Waals surface area contributed by atoms with Gasteiger partial charge in [0.15, 0.2) is 0 Å². The van der Waals surface area contributed by atoms with Gasteiger partial charge in [-0.05, 0) is 97.2 Å². The van der Waals surface area contributed by atoms with E-state index < -0.39 is 0 Å². The summed E-state index contributed by atoms with van der Waals surface area (Å²) in [5.74, 6) is 3.59. The molecule has 4 rings (SSSR count). The first-order chi connectivity index (χ1) is 14.1. The summed E-state index contributed by atoms with van der Waals surface area (Å²) < 4.78 is 0. The van der Waals surface area contributed by atoms with Gasteiger partial charge < -0.3 is 15.3 Å². The minimum atomic E-state index is -0.259. The number of rotatable bonds is 5. The lowest BCUT2D eigenvalue weighted by Gasteiger charge is -2.63. The van der Waals surface area contributed by atoms with Crippen LogP contribution in [-0.2, 0) is 0 Å². The molecule has 174 valence electrons. The Kier molecular flexibility index (Phi) is 6.41. The first kappa shape index (κ1) is 23.1. The van der Waals surface area contributed by atoms with E-state index in [2.05, 4.69) is 34.6 Å². The van der Waals surface area contributed by atoms with Crippen molar-refractivity contribution in [3.05, 3.63) is 0 Å². The second-order valence-electron chi connectivity index (χ2n) is 12.8. The number of aliphatic hydroxyl groups is 3. The molecule has 11 atom stereocenters. The van der Waals surface area contributed by atoms with Crippen molar-refractivity contribution in [2.24, 2.45) is 52.3 Å². The highest BCUT2D eigenvalue weighted by atomic mass is 16.3. The molecule has 0 aromatic carbocycles. The fourth-order valence-electron chi connectivity index (χ4n) is 9.18. The van der Waals surface area contributed by atoms with Crippen molar-refractivity contribution in [1.29, 1.82) is 0 Å². The Morgan fingerprint density at radius 1 is 0.867 bits per heavy atom. The van der Waals surface area contributed by atoms with Crippen molar-refractivity contribution in [1.82, 2.24) is 0 Å². The van der Waals surface area contributed by atoms with Crippen LogP contribution in [0.2, 0.25) is 0 Å². The lowest BCUT2D eigenvalue weighted by Crippen LogP contribution is -2.62. The molecule has 4 fully saturated rings. The van der Waals surface area contributed by atoms with Gasteiger partial charge in [-0.1, -0.05) is 53.9 Å². The van der Waals surface area contributed by atoms with Crippen LogP contribution in [0.15, 0.2) is 0 Å². The topological polar surface area (TPSA) is 60.7 Å². The van der Waals surface area contributed by atoms with E-state index in [1.807, 2.05) is 0 Å². The van der Waals surface area contributed by atoms with Crippen molar-refractivity contribution in [3.63, 3.8) is 0 Å². The summed E-state index contributed by atoms with van der Waals surface area (Å²) in [7, 11) is 0. The molecule has 0 aromatic heterocycles. The maximum absolute atomic E-state index is 11.6. The Bertz CT molecular complexity index is 605. The minimum absolute atomic E-state index is 0.0449. The highest BCUT2D eigenvalue weighted by Gasteiger charge is 2.65. The van der Waals surface area contributed by atoms with Crippen LogP contribution in [0.25, 0.3) is 0 Å². The van der Waals surface area contributed by atoms with E-state index in [1.165, 1.54) is 32.1 Å². The largest absolute Gasteiger partial charge is 0.393 e. The van der Waals surface area contributed by atoms with Gasteiger partial charge in [0, 0.05) is 0 Å². The summed E-state index contributed by atoms with van der Waals surface area (Å²) in [5.41, 5.74) is 0.128. The Morgan fingerprint density at radius 2 is 1.60 bits per heavy atom. The molecule has 0 radical (unpaired) electrons. The van der Waals surface area contributed by atoms with E-state index >= 15 is 0 Å². The molecule has 30 heavy (non-hydrogen) atoms. The Morgan fingerprint density at radius 3 is 2.30 bits per heavy atom. The van der Waals surface area contributed by atoms with Crippen LogP contribution in [0, 0.1) is 52.3 Å². The van der Waals surface area contributed by atoms with Crippen molar-refractivity contribution in [2.45, 2.75) is 117 Å². The van der Waals surface area contributed by atoms with Crippen LogP contribution in [0.5, 0.6) is 0 Å². The van der Waals surface area contributed by atoms with E-state index in [1.54, 1.807) is 0 Å². The molecule has 0 saturated heterocycles. The van der Waals surface area contributed by atoms with Gasteiger partial charge in [-0.3, -0.25) is 0 Å². The predicted molar refractivity (Wildman–Crippen MR) is 122 cm³/mol. The van der Waals surface area contributed by atoms with Crippen LogP contribution in [0.3, 0.4) is 0 Å². The number of hydrogen-bond donors (Lipinski definition) is 3. The second kappa shape index (κ2) is 8.34. The van der Waals surface area contributed by atoms with E-state index in [-0.39, 0.29) is 29.1 Å². The molecule has 4 saturated carbocycles. The number of hydrogen-bond acceptors (Lipinski definition) is 3. The fraction of sp³-hybridized carbons (Fsp3) is 1.00. The van der Waals surface area contributed by atoms with Crippen molar-refractivity contribution >= 4 is 0 Å². The molecular formula is C27H48O3. The number of fused-ring (bicyclic) bond motifs is 5. The maximum atomic E-state index is 11.6. The first-order valence-corrected chi connectivity index (χ1v) is 13.1. The monoisotopic (exact) mass is 420 g/mol. The Balaban J connectivity index is 1.56. The second-order valence-corrected chi connectivity index (χ2v) is 12.8. The van der Waals surface area contributed by atoms with Crippen LogP contribution in [0.4, 0.5) is 0 Å². The fourth-order valence-corrected chi connectivity index (χ4v) is 9.18. The SMILES string of the molecule is CC(C)CCCC(C)C1CCC2C3C(C[C@H](O)C12C)C1(C)CC[C@@H](O)CC1C[C@H]3O.